The summed E-state index contributed by atoms with van der Waals surface area (Å²) in [5.74, 6) is 0.881. The lowest BCUT2D eigenvalue weighted by molar-refractivity contribution is 0.444. The van der Waals surface area contributed by atoms with Crippen LogP contribution in [-0.2, 0) is 10.8 Å². The highest BCUT2D eigenvalue weighted by Gasteiger charge is 2.31. The monoisotopic (exact) mass is 295 g/mol. The Morgan fingerprint density at radius 1 is 1.45 bits per heavy atom. The average molecular weight is 295 g/mol. The van der Waals surface area contributed by atoms with Gasteiger partial charge in [0.1, 0.15) is 5.75 Å². The molecule has 3 nitrogen and oxygen atoms in total. The van der Waals surface area contributed by atoms with Gasteiger partial charge in [-0.3, -0.25) is 4.21 Å². The molecule has 0 saturated carbocycles. The van der Waals surface area contributed by atoms with Crippen molar-refractivity contribution in [3.63, 3.8) is 0 Å². The topological polar surface area (TPSA) is 49.3 Å². The van der Waals surface area contributed by atoms with E-state index in [1.54, 1.807) is 12.3 Å². The van der Waals surface area contributed by atoms with Crippen molar-refractivity contribution in [2.24, 2.45) is 0 Å². The van der Waals surface area contributed by atoms with E-state index in [2.05, 4.69) is 19.2 Å². The van der Waals surface area contributed by atoms with Gasteiger partial charge in [-0.05, 0) is 49.4 Å². The highest BCUT2D eigenvalue weighted by atomic mass is 32.2. The van der Waals surface area contributed by atoms with E-state index in [0.717, 1.165) is 24.9 Å². The molecular formula is C16H25NO2S. The number of nitrogens with one attached hydrogen (secondary N) is 1. The summed E-state index contributed by atoms with van der Waals surface area (Å²) in [6.45, 7) is 7.19. The largest absolute Gasteiger partial charge is 0.508 e. The third-order valence-electron chi connectivity index (χ3n) is 4.42. The Labute approximate surface area is 124 Å². The minimum absolute atomic E-state index is 0.215. The van der Waals surface area contributed by atoms with E-state index in [4.69, 9.17) is 0 Å². The highest BCUT2D eigenvalue weighted by Crippen LogP contribution is 2.45. The number of aryl methyl sites for hydroxylation is 1. The van der Waals surface area contributed by atoms with E-state index in [0.29, 0.717) is 11.7 Å². The fraction of sp³-hybridized carbons (Fsp3) is 0.625. The van der Waals surface area contributed by atoms with Gasteiger partial charge in [-0.2, -0.15) is 0 Å². The second-order valence-electron chi connectivity index (χ2n) is 5.97. The molecule has 1 aromatic carbocycles. The molecule has 4 heteroatoms. The average Bonchev–Trinajstić information content (AvgIpc) is 2.72. The van der Waals surface area contributed by atoms with Crippen LogP contribution in [0.25, 0.3) is 0 Å². The number of rotatable bonds is 5. The smallest absolute Gasteiger partial charge is 0.120 e. The van der Waals surface area contributed by atoms with Crippen LogP contribution in [0.3, 0.4) is 0 Å². The van der Waals surface area contributed by atoms with Crippen molar-refractivity contribution < 1.29 is 9.32 Å². The number of phenols is 1. The van der Waals surface area contributed by atoms with Gasteiger partial charge in [-0.25, -0.2) is 0 Å². The van der Waals surface area contributed by atoms with E-state index < -0.39 is 10.8 Å². The molecule has 4 atom stereocenters. The first-order valence-electron chi connectivity index (χ1n) is 7.29. The van der Waals surface area contributed by atoms with Crippen molar-refractivity contribution in [2.75, 3.05) is 12.8 Å². The maximum atomic E-state index is 11.4. The lowest BCUT2D eigenvalue weighted by atomic mass is 9.97. The van der Waals surface area contributed by atoms with Crippen molar-refractivity contribution in [3.05, 3.63) is 28.8 Å². The second kappa shape index (κ2) is 6.27. The zero-order valence-corrected chi connectivity index (χ0v) is 13.6. The summed E-state index contributed by atoms with van der Waals surface area (Å²) in [6, 6.07) is 4.01. The number of benzene rings is 1. The van der Waals surface area contributed by atoms with Gasteiger partial charge in [-0.15, -0.1) is 0 Å². The lowest BCUT2D eigenvalue weighted by Gasteiger charge is -2.17. The van der Waals surface area contributed by atoms with Crippen molar-refractivity contribution in [3.8, 4) is 5.75 Å². The predicted molar refractivity (Wildman–Crippen MR) is 84.8 cm³/mol. The van der Waals surface area contributed by atoms with E-state index in [1.807, 2.05) is 13.0 Å². The van der Waals surface area contributed by atoms with Gasteiger partial charge in [0.25, 0.3) is 0 Å². The molecule has 0 amide bonds. The van der Waals surface area contributed by atoms with E-state index >= 15 is 0 Å². The van der Waals surface area contributed by atoms with Gasteiger partial charge in [0.2, 0.25) is 0 Å². The molecule has 1 aliphatic carbocycles. The molecule has 0 bridgehead atoms. The summed E-state index contributed by atoms with van der Waals surface area (Å²) < 4.78 is 11.4. The lowest BCUT2D eigenvalue weighted by Crippen LogP contribution is -2.24. The molecule has 0 spiro atoms. The van der Waals surface area contributed by atoms with Crippen LogP contribution in [0, 0.1) is 6.92 Å². The first kappa shape index (κ1) is 15.5. The number of aromatic hydroxyl groups is 1. The van der Waals surface area contributed by atoms with Crippen LogP contribution in [0.1, 0.15) is 55.3 Å². The van der Waals surface area contributed by atoms with Crippen LogP contribution in [0.15, 0.2) is 12.1 Å². The predicted octanol–water partition coefficient (Wildman–Crippen LogP) is 3.00. The molecule has 1 aromatic rings. The molecule has 0 aliphatic heterocycles. The van der Waals surface area contributed by atoms with Gasteiger partial charge in [0, 0.05) is 33.9 Å². The van der Waals surface area contributed by atoms with Crippen LogP contribution >= 0.6 is 0 Å². The van der Waals surface area contributed by atoms with Gasteiger partial charge in [0.15, 0.2) is 0 Å². The van der Waals surface area contributed by atoms with Crippen molar-refractivity contribution in [1.82, 2.24) is 5.32 Å². The van der Waals surface area contributed by atoms with E-state index in [9.17, 15) is 9.32 Å². The molecule has 0 aromatic heterocycles. The molecule has 0 heterocycles. The number of phenolic OH excluding ortho intramolecular Hbond substituents is 1. The summed E-state index contributed by atoms with van der Waals surface area (Å²) in [6.07, 6.45) is 3.68. The minimum Gasteiger partial charge on any atom is -0.508 e. The molecular weight excluding hydrogens is 270 g/mol. The Kier molecular flexibility index (Phi) is 4.86. The fourth-order valence-electron chi connectivity index (χ4n) is 3.16. The minimum atomic E-state index is -0.763. The number of hydrogen-bond donors (Lipinski definition) is 2. The van der Waals surface area contributed by atoms with Gasteiger partial charge in [-0.1, -0.05) is 19.9 Å². The summed E-state index contributed by atoms with van der Waals surface area (Å²) in [4.78, 5) is 0. The van der Waals surface area contributed by atoms with Crippen LogP contribution in [0.4, 0.5) is 0 Å². The molecule has 20 heavy (non-hydrogen) atoms. The normalized spacial score (nSPS) is 24.4. The molecule has 2 N–H and O–H groups in total. The van der Waals surface area contributed by atoms with Gasteiger partial charge in [0.05, 0.1) is 0 Å². The van der Waals surface area contributed by atoms with Crippen molar-refractivity contribution >= 4 is 10.8 Å². The van der Waals surface area contributed by atoms with Crippen LogP contribution in [0.5, 0.6) is 5.75 Å². The summed E-state index contributed by atoms with van der Waals surface area (Å²) >= 11 is 0. The Morgan fingerprint density at radius 3 is 2.80 bits per heavy atom. The Morgan fingerprint density at radius 2 is 2.15 bits per heavy atom. The van der Waals surface area contributed by atoms with E-state index in [-0.39, 0.29) is 11.3 Å². The molecule has 0 fully saturated rings. The quantitative estimate of drug-likeness (QED) is 0.878. The SMILES string of the molecule is Cc1ccc(O)c2c1C(C)CC2NCCC(C)S(C)=O. The van der Waals surface area contributed by atoms with Crippen LogP contribution < -0.4 is 5.32 Å². The molecule has 2 rings (SSSR count). The van der Waals surface area contributed by atoms with Crippen molar-refractivity contribution in [1.29, 1.82) is 0 Å². The first-order valence-corrected chi connectivity index (χ1v) is 8.92. The molecule has 4 unspecified atom stereocenters. The van der Waals surface area contributed by atoms with Gasteiger partial charge >= 0.3 is 0 Å². The summed E-state index contributed by atoms with van der Waals surface area (Å²) in [7, 11) is -0.763. The Bertz CT molecular complexity index is 515. The zero-order chi connectivity index (χ0) is 14.9. The maximum absolute atomic E-state index is 11.4. The Balaban J connectivity index is 2.07. The number of fused-ring (bicyclic) bond motifs is 1. The van der Waals surface area contributed by atoms with Crippen molar-refractivity contribution in [2.45, 2.75) is 50.8 Å². The highest BCUT2D eigenvalue weighted by molar-refractivity contribution is 7.84. The number of hydrogen-bond acceptors (Lipinski definition) is 3. The molecule has 0 radical (unpaired) electrons. The zero-order valence-electron chi connectivity index (χ0n) is 12.8. The third kappa shape index (κ3) is 3.07. The maximum Gasteiger partial charge on any atom is 0.120 e. The molecule has 0 saturated heterocycles. The first-order chi connectivity index (χ1) is 9.41. The molecule has 112 valence electrons. The van der Waals surface area contributed by atoms with Crippen LogP contribution in [0.2, 0.25) is 0 Å². The Hall–Kier alpha value is -0.870. The second-order valence-corrected chi connectivity index (χ2v) is 7.77. The fourth-order valence-corrected chi connectivity index (χ4v) is 3.61. The third-order valence-corrected chi connectivity index (χ3v) is 5.79. The standard InChI is InChI=1S/C16H25NO2S/c1-10-5-6-14(18)16-13(9-11(2)15(10)16)17-8-7-12(3)20(4)19/h5-6,11-13,17-18H,7-9H2,1-4H3. The summed E-state index contributed by atoms with van der Waals surface area (Å²) in [5, 5.41) is 13.9. The molecule has 1 aliphatic rings. The van der Waals surface area contributed by atoms with Gasteiger partial charge < -0.3 is 10.4 Å². The van der Waals surface area contributed by atoms with Crippen LogP contribution in [-0.4, -0.2) is 27.4 Å². The summed E-state index contributed by atoms with van der Waals surface area (Å²) in [5.41, 5.74) is 3.63. The van der Waals surface area contributed by atoms with E-state index in [1.165, 1.54) is 11.1 Å².